The third-order valence-electron chi connectivity index (χ3n) is 4.17. The van der Waals surface area contributed by atoms with Gasteiger partial charge >= 0.3 is 0 Å². The van der Waals surface area contributed by atoms with Crippen LogP contribution < -0.4 is 5.32 Å². The summed E-state index contributed by atoms with van der Waals surface area (Å²) in [6, 6.07) is 16.7. The van der Waals surface area contributed by atoms with Crippen LogP contribution in [0.3, 0.4) is 0 Å². The highest BCUT2D eigenvalue weighted by Crippen LogP contribution is 2.47. The number of hydrogen-bond donors (Lipinski definition) is 1. The van der Waals surface area contributed by atoms with Gasteiger partial charge in [-0.2, -0.15) is 0 Å². The molecule has 1 fully saturated rings. The van der Waals surface area contributed by atoms with Gasteiger partial charge in [-0.25, -0.2) is 4.39 Å². The number of nitrogens with one attached hydrogen (secondary N) is 1. The van der Waals surface area contributed by atoms with Gasteiger partial charge in [-0.15, -0.1) is 0 Å². The van der Waals surface area contributed by atoms with Gasteiger partial charge in [-0.05, 0) is 30.0 Å². The van der Waals surface area contributed by atoms with Crippen LogP contribution in [0.1, 0.15) is 24.0 Å². The van der Waals surface area contributed by atoms with Gasteiger partial charge in [0.05, 0.1) is 6.42 Å². The van der Waals surface area contributed by atoms with Crippen LogP contribution in [0.5, 0.6) is 0 Å². The summed E-state index contributed by atoms with van der Waals surface area (Å²) in [4.78, 5) is 12.0. The second-order valence-electron chi connectivity index (χ2n) is 5.69. The number of hydrogen-bond acceptors (Lipinski definition) is 1. The molecule has 2 nitrogen and oxygen atoms in total. The Morgan fingerprint density at radius 3 is 2.38 bits per heavy atom. The van der Waals surface area contributed by atoms with Crippen molar-refractivity contribution in [3.63, 3.8) is 0 Å². The zero-order valence-corrected chi connectivity index (χ0v) is 11.8. The van der Waals surface area contributed by atoms with Gasteiger partial charge in [0, 0.05) is 12.0 Å². The molecule has 21 heavy (non-hydrogen) atoms. The predicted molar refractivity (Wildman–Crippen MR) is 80.5 cm³/mol. The van der Waals surface area contributed by atoms with E-state index >= 15 is 0 Å². The van der Waals surface area contributed by atoms with Crippen molar-refractivity contribution in [2.45, 2.75) is 24.7 Å². The van der Waals surface area contributed by atoms with E-state index in [1.165, 1.54) is 11.6 Å². The van der Waals surface area contributed by atoms with E-state index in [9.17, 15) is 9.18 Å². The first-order valence-corrected chi connectivity index (χ1v) is 7.25. The van der Waals surface area contributed by atoms with Crippen molar-refractivity contribution >= 4 is 5.91 Å². The standard InChI is InChI=1S/C18H18FNO/c19-16-9-5-4-6-14(16)12-17(21)20-13-18(10-11-18)15-7-2-1-3-8-15/h1-9H,10-13H2,(H,20,21). The second-order valence-corrected chi connectivity index (χ2v) is 5.69. The third kappa shape index (κ3) is 3.13. The van der Waals surface area contributed by atoms with Crippen LogP contribution in [0.25, 0.3) is 0 Å². The van der Waals surface area contributed by atoms with Crippen LogP contribution in [-0.2, 0) is 16.6 Å². The highest BCUT2D eigenvalue weighted by atomic mass is 19.1. The summed E-state index contributed by atoms with van der Waals surface area (Å²) in [5.74, 6) is -0.445. The molecule has 0 heterocycles. The Bertz CT molecular complexity index is 635. The van der Waals surface area contributed by atoms with Crippen LogP contribution in [0, 0.1) is 5.82 Å². The van der Waals surface area contributed by atoms with Crippen LogP contribution in [-0.4, -0.2) is 12.5 Å². The van der Waals surface area contributed by atoms with Crippen LogP contribution >= 0.6 is 0 Å². The Balaban J connectivity index is 1.58. The molecule has 0 radical (unpaired) electrons. The monoisotopic (exact) mass is 283 g/mol. The molecule has 1 N–H and O–H groups in total. The summed E-state index contributed by atoms with van der Waals surface area (Å²) in [5, 5.41) is 2.95. The Labute approximate surface area is 124 Å². The lowest BCUT2D eigenvalue weighted by molar-refractivity contribution is -0.120. The predicted octanol–water partition coefficient (Wildman–Crippen LogP) is 3.22. The van der Waals surface area contributed by atoms with Gasteiger partial charge in [-0.1, -0.05) is 48.5 Å². The second kappa shape index (κ2) is 5.68. The van der Waals surface area contributed by atoms with E-state index in [0.29, 0.717) is 12.1 Å². The summed E-state index contributed by atoms with van der Waals surface area (Å²) in [6.07, 6.45) is 2.28. The van der Waals surface area contributed by atoms with Gasteiger partial charge in [-0.3, -0.25) is 4.79 Å². The first-order valence-electron chi connectivity index (χ1n) is 7.25. The fourth-order valence-corrected chi connectivity index (χ4v) is 2.66. The van der Waals surface area contributed by atoms with E-state index in [-0.39, 0.29) is 23.6 Å². The maximum atomic E-state index is 13.5. The highest BCUT2D eigenvalue weighted by molar-refractivity contribution is 5.78. The van der Waals surface area contributed by atoms with Crippen LogP contribution in [0.4, 0.5) is 4.39 Å². The molecule has 1 aliphatic rings. The number of halogens is 1. The Morgan fingerprint density at radius 2 is 1.71 bits per heavy atom. The first kappa shape index (κ1) is 13.8. The fraction of sp³-hybridized carbons (Fsp3) is 0.278. The molecule has 2 aromatic carbocycles. The summed E-state index contributed by atoms with van der Waals surface area (Å²) in [6.45, 7) is 0.629. The van der Waals surface area contributed by atoms with Crippen molar-refractivity contribution in [2.24, 2.45) is 0 Å². The Kier molecular flexibility index (Phi) is 3.74. The van der Waals surface area contributed by atoms with Crippen LogP contribution in [0.2, 0.25) is 0 Å². The lowest BCUT2D eigenvalue weighted by atomic mass is 9.96. The topological polar surface area (TPSA) is 29.1 Å². The summed E-state index contributed by atoms with van der Waals surface area (Å²) in [7, 11) is 0. The number of benzene rings is 2. The maximum absolute atomic E-state index is 13.5. The van der Waals surface area contributed by atoms with Crippen molar-refractivity contribution in [1.82, 2.24) is 5.32 Å². The van der Waals surface area contributed by atoms with E-state index in [2.05, 4.69) is 17.4 Å². The van der Waals surface area contributed by atoms with Crippen molar-refractivity contribution < 1.29 is 9.18 Å². The summed E-state index contributed by atoms with van der Waals surface area (Å²) < 4.78 is 13.5. The average molecular weight is 283 g/mol. The normalized spacial score (nSPS) is 15.5. The minimum absolute atomic E-state index is 0.0894. The smallest absolute Gasteiger partial charge is 0.224 e. The molecular weight excluding hydrogens is 265 g/mol. The summed E-state index contributed by atoms with van der Waals surface area (Å²) in [5.41, 5.74) is 1.81. The minimum Gasteiger partial charge on any atom is -0.355 e. The molecule has 0 aliphatic heterocycles. The van der Waals surface area contributed by atoms with Gasteiger partial charge in [0.1, 0.15) is 5.82 Å². The quantitative estimate of drug-likeness (QED) is 0.897. The molecule has 0 atom stereocenters. The molecule has 0 unspecified atom stereocenters. The molecule has 1 amide bonds. The van der Waals surface area contributed by atoms with Gasteiger partial charge < -0.3 is 5.32 Å². The molecule has 1 saturated carbocycles. The molecule has 108 valence electrons. The van der Waals surface area contributed by atoms with E-state index < -0.39 is 0 Å². The number of carbonyl (C=O) groups is 1. The molecule has 1 aliphatic carbocycles. The van der Waals surface area contributed by atoms with Crippen molar-refractivity contribution in [3.8, 4) is 0 Å². The number of amides is 1. The number of rotatable bonds is 5. The zero-order valence-electron chi connectivity index (χ0n) is 11.8. The zero-order chi connectivity index (χ0) is 14.7. The van der Waals surface area contributed by atoms with Gasteiger partial charge in [0.2, 0.25) is 5.91 Å². The highest BCUT2D eigenvalue weighted by Gasteiger charge is 2.44. The van der Waals surface area contributed by atoms with E-state index in [0.717, 1.165) is 12.8 Å². The molecule has 2 aromatic rings. The van der Waals surface area contributed by atoms with Gasteiger partial charge in [0.25, 0.3) is 0 Å². The average Bonchev–Trinajstić information content (AvgIpc) is 3.30. The minimum atomic E-state index is -0.322. The first-order chi connectivity index (χ1) is 10.2. The summed E-state index contributed by atoms with van der Waals surface area (Å²) >= 11 is 0. The molecule has 3 heteroatoms. The SMILES string of the molecule is O=C(Cc1ccccc1F)NCC1(c2ccccc2)CC1. The lowest BCUT2D eigenvalue weighted by Gasteiger charge is -2.16. The van der Waals surface area contributed by atoms with Crippen molar-refractivity contribution in [2.75, 3.05) is 6.54 Å². The molecule has 3 rings (SSSR count). The fourth-order valence-electron chi connectivity index (χ4n) is 2.66. The van der Waals surface area contributed by atoms with E-state index in [1.54, 1.807) is 18.2 Å². The Hall–Kier alpha value is -2.16. The Morgan fingerprint density at radius 1 is 1.05 bits per heavy atom. The number of carbonyl (C=O) groups excluding carboxylic acids is 1. The molecule has 0 bridgehead atoms. The largest absolute Gasteiger partial charge is 0.355 e. The molecule has 0 saturated heterocycles. The molecule has 0 aromatic heterocycles. The lowest BCUT2D eigenvalue weighted by Crippen LogP contribution is -2.33. The molecular formula is C18H18FNO. The van der Waals surface area contributed by atoms with Crippen molar-refractivity contribution in [1.29, 1.82) is 0 Å². The van der Waals surface area contributed by atoms with Gasteiger partial charge in [0.15, 0.2) is 0 Å². The van der Waals surface area contributed by atoms with E-state index in [1.807, 2.05) is 18.2 Å². The molecule has 0 spiro atoms. The third-order valence-corrected chi connectivity index (χ3v) is 4.17. The van der Waals surface area contributed by atoms with E-state index in [4.69, 9.17) is 0 Å². The van der Waals surface area contributed by atoms with Crippen molar-refractivity contribution in [3.05, 3.63) is 71.5 Å². The van der Waals surface area contributed by atoms with Crippen LogP contribution in [0.15, 0.2) is 54.6 Å². The maximum Gasteiger partial charge on any atom is 0.224 e.